The molecule has 6 heteroatoms. The molecule has 0 N–H and O–H groups in total. The maximum Gasteiger partial charge on any atom is 0.258 e. The molecule has 0 bridgehead atoms. The lowest BCUT2D eigenvalue weighted by molar-refractivity contribution is 0.306. The monoisotopic (exact) mass is 363 g/mol. The van der Waals surface area contributed by atoms with Crippen molar-refractivity contribution in [2.45, 2.75) is 6.61 Å². The van der Waals surface area contributed by atoms with Crippen molar-refractivity contribution in [1.29, 1.82) is 0 Å². The molecule has 0 amide bonds. The summed E-state index contributed by atoms with van der Waals surface area (Å²) in [5.74, 6) is 1.63. The van der Waals surface area contributed by atoms with Crippen molar-refractivity contribution in [1.82, 2.24) is 15.1 Å². The Bertz CT molecular complexity index is 1000. The first-order valence-electron chi connectivity index (χ1n) is 8.01. The fourth-order valence-corrected chi connectivity index (χ4v) is 2.60. The second kappa shape index (κ2) is 7.37. The fraction of sp³-hybridized carbons (Fsp3) is 0.0500. The van der Waals surface area contributed by atoms with E-state index in [2.05, 4.69) is 15.1 Å². The number of aromatic nitrogens is 3. The van der Waals surface area contributed by atoms with Crippen molar-refractivity contribution in [3.8, 4) is 28.7 Å². The van der Waals surface area contributed by atoms with Crippen LogP contribution in [0, 0.1) is 0 Å². The van der Waals surface area contributed by atoms with Crippen LogP contribution in [0.15, 0.2) is 77.4 Å². The van der Waals surface area contributed by atoms with Gasteiger partial charge in [0.2, 0.25) is 5.82 Å². The number of hydrogen-bond donors (Lipinski definition) is 0. The van der Waals surface area contributed by atoms with E-state index in [1.807, 2.05) is 66.7 Å². The van der Waals surface area contributed by atoms with Crippen LogP contribution < -0.4 is 4.74 Å². The van der Waals surface area contributed by atoms with Crippen LogP contribution in [0.2, 0.25) is 5.02 Å². The molecule has 0 aliphatic rings. The molecule has 0 radical (unpaired) electrons. The van der Waals surface area contributed by atoms with Gasteiger partial charge in [-0.15, -0.1) is 0 Å². The van der Waals surface area contributed by atoms with Crippen LogP contribution in [-0.2, 0) is 6.61 Å². The van der Waals surface area contributed by atoms with Gasteiger partial charge in [0.25, 0.3) is 5.89 Å². The van der Waals surface area contributed by atoms with Crippen LogP contribution in [0.3, 0.4) is 0 Å². The maximum absolute atomic E-state index is 6.14. The second-order valence-corrected chi connectivity index (χ2v) is 5.95. The Morgan fingerprint density at radius 1 is 0.923 bits per heavy atom. The van der Waals surface area contributed by atoms with Crippen LogP contribution >= 0.6 is 11.6 Å². The first-order chi connectivity index (χ1) is 12.8. The van der Waals surface area contributed by atoms with E-state index in [4.69, 9.17) is 20.9 Å². The molecule has 0 saturated carbocycles. The minimum atomic E-state index is 0.406. The van der Waals surface area contributed by atoms with Gasteiger partial charge in [-0.2, -0.15) is 4.98 Å². The van der Waals surface area contributed by atoms with Gasteiger partial charge in [0.15, 0.2) is 0 Å². The number of benzene rings is 2. The van der Waals surface area contributed by atoms with Gasteiger partial charge in [0.1, 0.15) is 18.1 Å². The lowest BCUT2D eigenvalue weighted by Gasteiger charge is -2.07. The van der Waals surface area contributed by atoms with E-state index in [-0.39, 0.29) is 0 Å². The standard InChI is InChI=1S/C20H14ClN3O2/c21-17-6-2-1-5-15(17)13-25-16-10-8-14(9-11-16)20-23-19(24-26-20)18-7-3-4-12-22-18/h1-12H,13H2. The van der Waals surface area contributed by atoms with Crippen LogP contribution in [0.25, 0.3) is 23.0 Å². The van der Waals surface area contributed by atoms with Gasteiger partial charge < -0.3 is 9.26 Å². The molecule has 4 rings (SSSR count). The third-order valence-electron chi connectivity index (χ3n) is 3.77. The predicted octanol–water partition coefficient (Wildman–Crippen LogP) is 5.03. The molecule has 4 aromatic rings. The van der Waals surface area contributed by atoms with E-state index in [1.54, 1.807) is 6.20 Å². The van der Waals surface area contributed by atoms with E-state index in [0.717, 1.165) is 16.9 Å². The molecule has 2 heterocycles. The summed E-state index contributed by atoms with van der Waals surface area (Å²) in [6.07, 6.45) is 1.69. The molecule has 128 valence electrons. The molecule has 0 spiro atoms. The molecule has 26 heavy (non-hydrogen) atoms. The fourth-order valence-electron chi connectivity index (χ4n) is 2.41. The minimum Gasteiger partial charge on any atom is -0.489 e. The van der Waals surface area contributed by atoms with Crippen LogP contribution in [0.1, 0.15) is 5.56 Å². The maximum atomic E-state index is 6.14. The van der Waals surface area contributed by atoms with E-state index in [9.17, 15) is 0 Å². The lowest BCUT2D eigenvalue weighted by Crippen LogP contribution is -1.95. The highest BCUT2D eigenvalue weighted by Gasteiger charge is 2.11. The van der Waals surface area contributed by atoms with E-state index >= 15 is 0 Å². The molecule has 0 saturated heterocycles. The average molecular weight is 364 g/mol. The summed E-state index contributed by atoms with van der Waals surface area (Å²) in [5.41, 5.74) is 2.42. The van der Waals surface area contributed by atoms with E-state index in [0.29, 0.717) is 29.0 Å². The SMILES string of the molecule is Clc1ccccc1COc1ccc(-c2nc(-c3ccccn3)no2)cc1. The Morgan fingerprint density at radius 2 is 1.73 bits per heavy atom. The summed E-state index contributed by atoms with van der Waals surface area (Å²) in [6.45, 7) is 0.406. The Morgan fingerprint density at radius 3 is 2.50 bits per heavy atom. The van der Waals surface area contributed by atoms with Crippen molar-refractivity contribution in [2.75, 3.05) is 0 Å². The molecule has 5 nitrogen and oxygen atoms in total. The highest BCUT2D eigenvalue weighted by atomic mass is 35.5. The summed E-state index contributed by atoms with van der Waals surface area (Å²) in [6, 6.07) is 20.6. The van der Waals surface area contributed by atoms with Gasteiger partial charge in [-0.3, -0.25) is 4.98 Å². The number of nitrogens with zero attached hydrogens (tertiary/aromatic N) is 3. The largest absolute Gasteiger partial charge is 0.489 e. The van der Waals surface area contributed by atoms with Crippen LogP contribution in [0.5, 0.6) is 5.75 Å². The quantitative estimate of drug-likeness (QED) is 0.497. The highest BCUT2D eigenvalue weighted by molar-refractivity contribution is 6.31. The normalized spacial score (nSPS) is 10.7. The molecule has 0 atom stereocenters. The van der Waals surface area contributed by atoms with Crippen molar-refractivity contribution in [3.63, 3.8) is 0 Å². The van der Waals surface area contributed by atoms with Gasteiger partial charge in [-0.1, -0.05) is 41.0 Å². The van der Waals surface area contributed by atoms with Crippen molar-refractivity contribution >= 4 is 11.6 Å². The van der Waals surface area contributed by atoms with Gasteiger partial charge >= 0.3 is 0 Å². The zero-order chi connectivity index (χ0) is 17.8. The third-order valence-corrected chi connectivity index (χ3v) is 4.14. The van der Waals surface area contributed by atoms with Crippen LogP contribution in [-0.4, -0.2) is 15.1 Å². The summed E-state index contributed by atoms with van der Waals surface area (Å²) in [5, 5.41) is 4.67. The Kier molecular flexibility index (Phi) is 4.62. The number of ether oxygens (including phenoxy) is 1. The Hall–Kier alpha value is -3.18. The molecule has 2 aromatic carbocycles. The molecule has 0 unspecified atom stereocenters. The van der Waals surface area contributed by atoms with E-state index in [1.165, 1.54) is 0 Å². The first kappa shape index (κ1) is 16.3. The van der Waals surface area contributed by atoms with Gasteiger partial charge in [0.05, 0.1) is 0 Å². The molecule has 0 fully saturated rings. The Balaban J connectivity index is 1.46. The molecule has 0 aliphatic heterocycles. The lowest BCUT2D eigenvalue weighted by atomic mass is 10.2. The average Bonchev–Trinajstić information content (AvgIpc) is 3.19. The molecule has 0 aliphatic carbocycles. The third kappa shape index (κ3) is 3.58. The highest BCUT2D eigenvalue weighted by Crippen LogP contribution is 2.24. The van der Waals surface area contributed by atoms with Crippen LogP contribution in [0.4, 0.5) is 0 Å². The summed E-state index contributed by atoms with van der Waals surface area (Å²) < 4.78 is 11.1. The first-order valence-corrected chi connectivity index (χ1v) is 8.39. The number of hydrogen-bond acceptors (Lipinski definition) is 5. The summed E-state index contributed by atoms with van der Waals surface area (Å²) >= 11 is 6.14. The summed E-state index contributed by atoms with van der Waals surface area (Å²) in [7, 11) is 0. The Labute approximate surface area is 155 Å². The van der Waals surface area contributed by atoms with Gasteiger partial charge in [-0.05, 0) is 42.5 Å². The van der Waals surface area contributed by atoms with Crippen molar-refractivity contribution < 1.29 is 9.26 Å². The van der Waals surface area contributed by atoms with Crippen molar-refractivity contribution in [2.24, 2.45) is 0 Å². The minimum absolute atomic E-state index is 0.406. The molecular formula is C20H14ClN3O2. The number of halogens is 1. The molecular weight excluding hydrogens is 350 g/mol. The van der Waals surface area contributed by atoms with E-state index < -0.39 is 0 Å². The zero-order valence-electron chi connectivity index (χ0n) is 13.7. The zero-order valence-corrected chi connectivity index (χ0v) is 14.4. The topological polar surface area (TPSA) is 61.0 Å². The van der Waals surface area contributed by atoms with Gasteiger partial charge in [-0.25, -0.2) is 0 Å². The number of pyridine rings is 1. The number of rotatable bonds is 5. The van der Waals surface area contributed by atoms with Gasteiger partial charge in [0, 0.05) is 22.3 Å². The predicted molar refractivity (Wildman–Crippen MR) is 98.7 cm³/mol. The summed E-state index contributed by atoms with van der Waals surface area (Å²) in [4.78, 5) is 8.60. The molecule has 2 aromatic heterocycles. The second-order valence-electron chi connectivity index (χ2n) is 5.54. The smallest absolute Gasteiger partial charge is 0.258 e. The van der Waals surface area contributed by atoms with Crippen molar-refractivity contribution in [3.05, 3.63) is 83.5 Å².